The number of rotatable bonds is 3. The summed E-state index contributed by atoms with van der Waals surface area (Å²) in [7, 11) is 4.00. The highest BCUT2D eigenvalue weighted by Gasteiger charge is 2.15. The summed E-state index contributed by atoms with van der Waals surface area (Å²) in [6.45, 7) is 0.716. The van der Waals surface area contributed by atoms with Crippen molar-refractivity contribution in [1.29, 1.82) is 0 Å². The van der Waals surface area contributed by atoms with E-state index >= 15 is 0 Å². The molecule has 0 atom stereocenters. The van der Waals surface area contributed by atoms with Crippen molar-refractivity contribution in [3.8, 4) is 11.3 Å². The lowest BCUT2D eigenvalue weighted by molar-refractivity contribution is 0.396. The molecule has 0 spiro atoms. The van der Waals surface area contributed by atoms with Gasteiger partial charge in [-0.2, -0.15) is 0 Å². The van der Waals surface area contributed by atoms with Crippen molar-refractivity contribution in [2.45, 2.75) is 6.54 Å². The molecule has 0 fully saturated rings. The van der Waals surface area contributed by atoms with Crippen molar-refractivity contribution in [3.05, 3.63) is 59.1 Å². The number of hydrogen-bond acceptors (Lipinski definition) is 2. The van der Waals surface area contributed by atoms with E-state index in [4.69, 9.17) is 11.6 Å². The average Bonchev–Trinajstić information content (AvgIpc) is 2.77. The Morgan fingerprint density at radius 1 is 1.14 bits per heavy atom. The summed E-state index contributed by atoms with van der Waals surface area (Å²) in [5.41, 5.74) is 3.61. The first-order valence-corrected chi connectivity index (χ1v) is 6.99. The summed E-state index contributed by atoms with van der Waals surface area (Å²) in [5, 5.41) is 0.658. The smallest absolute Gasteiger partial charge is 0.137 e. The molecule has 0 N–H and O–H groups in total. The minimum Gasteiger partial charge on any atom is -0.304 e. The fraction of sp³-hybridized carbons (Fsp3) is 0.188. The van der Waals surface area contributed by atoms with E-state index in [-0.39, 0.29) is 5.82 Å². The van der Waals surface area contributed by atoms with E-state index in [9.17, 15) is 4.39 Å². The first-order chi connectivity index (χ1) is 10.0. The third-order valence-electron chi connectivity index (χ3n) is 3.27. The van der Waals surface area contributed by atoms with Crippen LogP contribution in [-0.4, -0.2) is 28.4 Å². The number of benzene rings is 1. The second-order valence-corrected chi connectivity index (χ2v) is 5.66. The molecule has 3 rings (SSSR count). The Morgan fingerprint density at radius 2 is 1.86 bits per heavy atom. The molecule has 2 aromatic heterocycles. The maximum atomic E-state index is 13.1. The summed E-state index contributed by atoms with van der Waals surface area (Å²) in [5.74, 6) is -0.250. The largest absolute Gasteiger partial charge is 0.304 e. The van der Waals surface area contributed by atoms with Crippen LogP contribution >= 0.6 is 11.6 Å². The van der Waals surface area contributed by atoms with E-state index < -0.39 is 0 Å². The van der Waals surface area contributed by atoms with Gasteiger partial charge in [0.15, 0.2) is 0 Å². The summed E-state index contributed by atoms with van der Waals surface area (Å²) >= 11 is 6.09. The Kier molecular flexibility index (Phi) is 3.66. The first kappa shape index (κ1) is 14.0. The monoisotopic (exact) mass is 303 g/mol. The zero-order valence-corrected chi connectivity index (χ0v) is 12.6. The Hall–Kier alpha value is -1.91. The minimum atomic E-state index is -0.250. The SMILES string of the molecule is CN(C)Cc1c(-c2ccc(F)cc2)nc2ccc(Cl)cn12. The van der Waals surface area contributed by atoms with Crippen LogP contribution in [-0.2, 0) is 6.54 Å². The van der Waals surface area contributed by atoms with Crippen molar-refractivity contribution in [2.75, 3.05) is 14.1 Å². The Morgan fingerprint density at radius 3 is 2.52 bits per heavy atom. The van der Waals surface area contributed by atoms with Crippen LogP contribution in [0.2, 0.25) is 5.02 Å². The van der Waals surface area contributed by atoms with Crippen LogP contribution in [0.15, 0.2) is 42.6 Å². The molecule has 108 valence electrons. The second kappa shape index (κ2) is 5.47. The predicted octanol–water partition coefficient (Wildman–Crippen LogP) is 3.86. The molecule has 0 aliphatic carbocycles. The third kappa shape index (κ3) is 2.77. The number of pyridine rings is 1. The molecule has 3 nitrogen and oxygen atoms in total. The standard InChI is InChI=1S/C16H15ClFN3/c1-20(2)10-14-16(11-3-6-13(18)7-4-11)19-15-8-5-12(17)9-21(14)15/h3-9H,10H2,1-2H3. The number of fused-ring (bicyclic) bond motifs is 1. The highest BCUT2D eigenvalue weighted by Crippen LogP contribution is 2.26. The van der Waals surface area contributed by atoms with Gasteiger partial charge in [0, 0.05) is 18.3 Å². The average molecular weight is 304 g/mol. The van der Waals surface area contributed by atoms with Crippen LogP contribution in [0.4, 0.5) is 4.39 Å². The highest BCUT2D eigenvalue weighted by atomic mass is 35.5. The molecule has 0 radical (unpaired) electrons. The van der Waals surface area contributed by atoms with E-state index in [1.807, 2.05) is 36.8 Å². The maximum Gasteiger partial charge on any atom is 0.137 e. The van der Waals surface area contributed by atoms with Crippen LogP contribution in [0.1, 0.15) is 5.69 Å². The van der Waals surface area contributed by atoms with Gasteiger partial charge < -0.3 is 9.30 Å². The maximum absolute atomic E-state index is 13.1. The van der Waals surface area contributed by atoms with E-state index in [0.717, 1.165) is 22.6 Å². The highest BCUT2D eigenvalue weighted by molar-refractivity contribution is 6.30. The van der Waals surface area contributed by atoms with Crippen LogP contribution in [0, 0.1) is 5.82 Å². The van der Waals surface area contributed by atoms with E-state index in [1.165, 1.54) is 12.1 Å². The first-order valence-electron chi connectivity index (χ1n) is 6.62. The van der Waals surface area contributed by atoms with Crippen molar-refractivity contribution in [2.24, 2.45) is 0 Å². The molecule has 0 aliphatic rings. The lowest BCUT2D eigenvalue weighted by atomic mass is 10.1. The topological polar surface area (TPSA) is 20.5 Å². The molecular formula is C16H15ClFN3. The molecule has 0 bridgehead atoms. The molecule has 21 heavy (non-hydrogen) atoms. The van der Waals surface area contributed by atoms with E-state index in [1.54, 1.807) is 12.1 Å². The minimum absolute atomic E-state index is 0.250. The van der Waals surface area contributed by atoms with E-state index in [2.05, 4.69) is 9.88 Å². The van der Waals surface area contributed by atoms with Gasteiger partial charge in [-0.1, -0.05) is 11.6 Å². The van der Waals surface area contributed by atoms with Gasteiger partial charge in [0.2, 0.25) is 0 Å². The van der Waals surface area contributed by atoms with Crippen molar-refractivity contribution in [3.63, 3.8) is 0 Å². The number of imidazole rings is 1. The van der Waals surface area contributed by atoms with Gasteiger partial charge in [-0.15, -0.1) is 0 Å². The van der Waals surface area contributed by atoms with Gasteiger partial charge >= 0.3 is 0 Å². The summed E-state index contributed by atoms with van der Waals surface area (Å²) in [4.78, 5) is 6.73. The summed E-state index contributed by atoms with van der Waals surface area (Å²) in [6, 6.07) is 10.1. The van der Waals surface area contributed by atoms with Crippen LogP contribution in [0.25, 0.3) is 16.9 Å². The molecule has 0 unspecified atom stereocenters. The van der Waals surface area contributed by atoms with Crippen LogP contribution < -0.4 is 0 Å². The number of halogens is 2. The fourth-order valence-corrected chi connectivity index (χ4v) is 2.52. The van der Waals surface area contributed by atoms with Gasteiger partial charge in [-0.25, -0.2) is 9.37 Å². The quantitative estimate of drug-likeness (QED) is 0.732. The number of aromatic nitrogens is 2. The van der Waals surface area contributed by atoms with Gasteiger partial charge in [0.1, 0.15) is 11.5 Å². The molecule has 5 heteroatoms. The zero-order valence-electron chi connectivity index (χ0n) is 11.8. The Labute approximate surface area is 127 Å². The number of hydrogen-bond donors (Lipinski definition) is 0. The molecular weight excluding hydrogens is 289 g/mol. The zero-order chi connectivity index (χ0) is 15.0. The molecule has 0 aliphatic heterocycles. The third-order valence-corrected chi connectivity index (χ3v) is 3.49. The van der Waals surface area contributed by atoms with Gasteiger partial charge in [-0.3, -0.25) is 0 Å². The summed E-state index contributed by atoms with van der Waals surface area (Å²) in [6.07, 6.45) is 1.86. The lowest BCUT2D eigenvalue weighted by Crippen LogP contribution is -2.13. The molecule has 1 aromatic carbocycles. The normalized spacial score (nSPS) is 11.5. The summed E-state index contributed by atoms with van der Waals surface area (Å²) < 4.78 is 15.1. The molecule has 0 saturated heterocycles. The predicted molar refractivity (Wildman–Crippen MR) is 83.0 cm³/mol. The Bertz CT molecular complexity index is 778. The van der Waals surface area contributed by atoms with Crippen LogP contribution in [0.5, 0.6) is 0 Å². The fourth-order valence-electron chi connectivity index (χ4n) is 2.36. The molecule has 0 saturated carbocycles. The molecule has 3 aromatic rings. The Balaban J connectivity index is 2.22. The van der Waals surface area contributed by atoms with Gasteiger partial charge in [0.25, 0.3) is 0 Å². The molecule has 0 amide bonds. The van der Waals surface area contributed by atoms with Crippen LogP contribution in [0.3, 0.4) is 0 Å². The van der Waals surface area contributed by atoms with Gasteiger partial charge in [0.05, 0.1) is 16.4 Å². The van der Waals surface area contributed by atoms with Gasteiger partial charge in [-0.05, 0) is 50.5 Å². The molecule has 2 heterocycles. The second-order valence-electron chi connectivity index (χ2n) is 5.23. The van der Waals surface area contributed by atoms with Crippen molar-refractivity contribution >= 4 is 17.2 Å². The lowest BCUT2D eigenvalue weighted by Gasteiger charge is -2.11. The number of nitrogens with zero attached hydrogens (tertiary/aromatic N) is 3. The van der Waals surface area contributed by atoms with Crippen molar-refractivity contribution in [1.82, 2.24) is 14.3 Å². The van der Waals surface area contributed by atoms with E-state index in [0.29, 0.717) is 11.6 Å². The van der Waals surface area contributed by atoms with Crippen molar-refractivity contribution < 1.29 is 4.39 Å².